The molecule has 2 nitrogen and oxygen atoms in total. The lowest BCUT2D eigenvalue weighted by molar-refractivity contribution is 0.169. The molecule has 0 radical (unpaired) electrons. The van der Waals surface area contributed by atoms with Gasteiger partial charge in [-0.2, -0.15) is 0 Å². The summed E-state index contributed by atoms with van der Waals surface area (Å²) in [5, 5.41) is 3.34. The van der Waals surface area contributed by atoms with Crippen molar-refractivity contribution >= 4 is 24.8 Å². The van der Waals surface area contributed by atoms with E-state index in [4.69, 9.17) is 0 Å². The summed E-state index contributed by atoms with van der Waals surface area (Å²) in [6, 6.07) is 5.50. The van der Waals surface area contributed by atoms with Gasteiger partial charge in [-0.25, -0.2) is 4.39 Å². The molecule has 1 aliphatic heterocycles. The van der Waals surface area contributed by atoms with Gasteiger partial charge in [0.2, 0.25) is 0 Å². The molecule has 0 spiro atoms. The lowest BCUT2D eigenvalue weighted by atomic mass is 9.96. The van der Waals surface area contributed by atoms with Gasteiger partial charge in [0.25, 0.3) is 0 Å². The molecule has 1 saturated heterocycles. The zero-order chi connectivity index (χ0) is 13.8. The number of aryl methyl sites for hydroxylation is 1. The standard InChI is InChI=1S/C16H23FN2.2ClH/c1-12(2)10-16(19-8-6-18-7-9-19)14-11-13(3)4-5-15(14)17;;/h4-5,11,16,18H,1,6-10H2,2-3H3;2*1H/t16-;;/m1../s1. The summed E-state index contributed by atoms with van der Waals surface area (Å²) in [5.74, 6) is -0.101. The third-order valence-electron chi connectivity index (χ3n) is 3.64. The Morgan fingerprint density at radius 2 is 1.95 bits per heavy atom. The van der Waals surface area contributed by atoms with E-state index in [1.54, 1.807) is 6.07 Å². The first-order valence-corrected chi connectivity index (χ1v) is 6.93. The van der Waals surface area contributed by atoms with Crippen molar-refractivity contribution in [2.45, 2.75) is 26.3 Å². The van der Waals surface area contributed by atoms with Crippen LogP contribution >= 0.6 is 24.8 Å². The van der Waals surface area contributed by atoms with Crippen LogP contribution in [0.25, 0.3) is 0 Å². The summed E-state index contributed by atoms with van der Waals surface area (Å²) in [4.78, 5) is 2.36. The maximum atomic E-state index is 14.2. The van der Waals surface area contributed by atoms with Crippen molar-refractivity contribution in [1.29, 1.82) is 0 Å². The van der Waals surface area contributed by atoms with Crippen molar-refractivity contribution in [3.05, 3.63) is 47.3 Å². The van der Waals surface area contributed by atoms with Crippen LogP contribution in [0.15, 0.2) is 30.4 Å². The molecule has 1 aromatic carbocycles. The largest absolute Gasteiger partial charge is 0.314 e. The summed E-state index contributed by atoms with van der Waals surface area (Å²) in [7, 11) is 0. The Hall–Kier alpha value is -0.610. The van der Waals surface area contributed by atoms with Crippen LogP contribution in [0.1, 0.15) is 30.5 Å². The molecule has 1 aliphatic rings. The summed E-state index contributed by atoms with van der Waals surface area (Å²) >= 11 is 0. The lowest BCUT2D eigenvalue weighted by Crippen LogP contribution is -2.45. The van der Waals surface area contributed by atoms with E-state index in [0.717, 1.165) is 49.3 Å². The normalized spacial score (nSPS) is 16.5. The van der Waals surface area contributed by atoms with Crippen LogP contribution in [0.2, 0.25) is 0 Å². The van der Waals surface area contributed by atoms with E-state index in [9.17, 15) is 4.39 Å². The van der Waals surface area contributed by atoms with E-state index in [0.29, 0.717) is 0 Å². The highest BCUT2D eigenvalue weighted by molar-refractivity contribution is 5.85. The number of nitrogens with one attached hydrogen (secondary N) is 1. The van der Waals surface area contributed by atoms with Gasteiger partial charge < -0.3 is 5.32 Å². The minimum atomic E-state index is -0.101. The molecule has 0 amide bonds. The molecule has 1 aromatic rings. The fraction of sp³-hybridized carbons (Fsp3) is 0.500. The molecule has 0 unspecified atom stereocenters. The zero-order valence-electron chi connectivity index (χ0n) is 12.7. The summed E-state index contributed by atoms with van der Waals surface area (Å²) in [6.45, 7) is 11.9. The topological polar surface area (TPSA) is 15.3 Å². The maximum absolute atomic E-state index is 14.2. The summed E-state index contributed by atoms with van der Waals surface area (Å²) < 4.78 is 14.2. The Balaban J connectivity index is 0.00000200. The number of benzene rings is 1. The molecular weight excluding hydrogens is 310 g/mol. The molecule has 0 aliphatic carbocycles. The molecule has 120 valence electrons. The van der Waals surface area contributed by atoms with Crippen molar-refractivity contribution < 1.29 is 4.39 Å². The van der Waals surface area contributed by atoms with E-state index in [2.05, 4.69) is 16.8 Å². The molecule has 1 heterocycles. The highest BCUT2D eigenvalue weighted by Crippen LogP contribution is 2.30. The number of piperazine rings is 1. The maximum Gasteiger partial charge on any atom is 0.128 e. The van der Waals surface area contributed by atoms with Crippen LogP contribution in [-0.2, 0) is 0 Å². The van der Waals surface area contributed by atoms with Crippen molar-refractivity contribution in [1.82, 2.24) is 10.2 Å². The van der Waals surface area contributed by atoms with E-state index >= 15 is 0 Å². The Morgan fingerprint density at radius 1 is 1.33 bits per heavy atom. The monoisotopic (exact) mass is 334 g/mol. The van der Waals surface area contributed by atoms with Gasteiger partial charge in [-0.15, -0.1) is 31.4 Å². The zero-order valence-corrected chi connectivity index (χ0v) is 14.3. The predicted octanol–water partition coefficient (Wildman–Crippen LogP) is 3.89. The van der Waals surface area contributed by atoms with Crippen molar-refractivity contribution in [2.75, 3.05) is 26.2 Å². The Morgan fingerprint density at radius 3 is 2.52 bits per heavy atom. The van der Waals surface area contributed by atoms with Gasteiger partial charge in [0.05, 0.1) is 0 Å². The van der Waals surface area contributed by atoms with Crippen LogP contribution in [0.4, 0.5) is 4.39 Å². The van der Waals surface area contributed by atoms with Crippen molar-refractivity contribution in [3.8, 4) is 0 Å². The van der Waals surface area contributed by atoms with Gasteiger partial charge in [-0.05, 0) is 26.3 Å². The van der Waals surface area contributed by atoms with E-state index in [1.165, 1.54) is 0 Å². The molecule has 21 heavy (non-hydrogen) atoms. The quantitative estimate of drug-likeness (QED) is 0.840. The van der Waals surface area contributed by atoms with Gasteiger partial charge in [0.1, 0.15) is 5.82 Å². The van der Waals surface area contributed by atoms with Crippen molar-refractivity contribution in [2.24, 2.45) is 0 Å². The van der Waals surface area contributed by atoms with Crippen LogP contribution in [0.5, 0.6) is 0 Å². The molecular formula is C16H25Cl2FN2. The molecule has 0 saturated carbocycles. The number of rotatable bonds is 4. The van der Waals surface area contributed by atoms with E-state index < -0.39 is 0 Å². The van der Waals surface area contributed by atoms with Crippen LogP contribution in [-0.4, -0.2) is 31.1 Å². The highest BCUT2D eigenvalue weighted by Gasteiger charge is 2.24. The Labute approximate surface area is 139 Å². The van der Waals surface area contributed by atoms with Crippen LogP contribution in [0.3, 0.4) is 0 Å². The number of hydrogen-bond donors (Lipinski definition) is 1. The molecule has 1 N–H and O–H groups in total. The smallest absolute Gasteiger partial charge is 0.128 e. The molecule has 5 heteroatoms. The number of hydrogen-bond acceptors (Lipinski definition) is 2. The average molecular weight is 335 g/mol. The molecule has 0 aromatic heterocycles. The fourth-order valence-corrected chi connectivity index (χ4v) is 2.68. The first kappa shape index (κ1) is 20.4. The highest BCUT2D eigenvalue weighted by atomic mass is 35.5. The van der Waals surface area contributed by atoms with E-state index in [-0.39, 0.29) is 36.7 Å². The third-order valence-corrected chi connectivity index (χ3v) is 3.64. The SMILES string of the molecule is C=C(C)C[C@H](c1cc(C)ccc1F)N1CCNCC1.Cl.Cl. The molecule has 2 rings (SSSR count). The van der Waals surface area contributed by atoms with Gasteiger partial charge in [0, 0.05) is 37.8 Å². The second-order valence-corrected chi connectivity index (χ2v) is 5.49. The lowest BCUT2D eigenvalue weighted by Gasteiger charge is -2.35. The van der Waals surface area contributed by atoms with E-state index in [1.807, 2.05) is 26.0 Å². The second kappa shape index (κ2) is 9.42. The van der Waals surface area contributed by atoms with Gasteiger partial charge in [0.15, 0.2) is 0 Å². The Bertz CT molecular complexity index is 460. The summed E-state index contributed by atoms with van der Waals surface area (Å²) in [6.07, 6.45) is 0.820. The molecule has 1 atom stereocenters. The first-order valence-electron chi connectivity index (χ1n) is 6.93. The van der Waals surface area contributed by atoms with Gasteiger partial charge in [-0.1, -0.05) is 23.3 Å². The molecule has 0 bridgehead atoms. The summed E-state index contributed by atoms with van der Waals surface area (Å²) in [5.41, 5.74) is 3.02. The predicted molar refractivity (Wildman–Crippen MR) is 92.2 cm³/mol. The third kappa shape index (κ3) is 5.59. The van der Waals surface area contributed by atoms with Crippen LogP contribution < -0.4 is 5.32 Å². The minimum absolute atomic E-state index is 0. The number of halogens is 3. The van der Waals surface area contributed by atoms with Gasteiger partial charge in [-0.3, -0.25) is 4.90 Å². The minimum Gasteiger partial charge on any atom is -0.314 e. The van der Waals surface area contributed by atoms with Gasteiger partial charge >= 0.3 is 0 Å². The molecule has 1 fully saturated rings. The Kier molecular flexibility index (Phi) is 9.14. The van der Waals surface area contributed by atoms with Crippen LogP contribution in [0, 0.1) is 12.7 Å². The van der Waals surface area contributed by atoms with Crippen molar-refractivity contribution in [3.63, 3.8) is 0 Å². The first-order chi connectivity index (χ1) is 9.08. The number of nitrogens with zero attached hydrogens (tertiary/aromatic N) is 1. The second-order valence-electron chi connectivity index (χ2n) is 5.49. The fourth-order valence-electron chi connectivity index (χ4n) is 2.68. The average Bonchev–Trinajstić information content (AvgIpc) is 2.40.